The second kappa shape index (κ2) is 6.01. The second-order valence-electron chi connectivity index (χ2n) is 4.48. The fraction of sp³-hybridized carbons (Fsp3) is 0.0714. The zero-order valence-corrected chi connectivity index (χ0v) is 13.5. The summed E-state index contributed by atoms with van der Waals surface area (Å²) in [7, 11) is -3.21. The van der Waals surface area contributed by atoms with Crippen LogP contribution in [0.25, 0.3) is 0 Å². The van der Waals surface area contributed by atoms with Gasteiger partial charge in [-0.1, -0.05) is 23.8 Å². The molecule has 0 saturated heterocycles. The van der Waals surface area contributed by atoms with Crippen LogP contribution in [0.3, 0.4) is 0 Å². The van der Waals surface area contributed by atoms with E-state index in [1.165, 1.54) is 18.4 Å². The van der Waals surface area contributed by atoms with Gasteiger partial charge in [0.2, 0.25) is 0 Å². The molecule has 0 aromatic heterocycles. The first-order valence-corrected chi connectivity index (χ1v) is 8.61. The monoisotopic (exact) mass is 340 g/mol. The van der Waals surface area contributed by atoms with Crippen LogP contribution in [-0.4, -0.2) is 19.7 Å². The molecule has 7 heteroatoms. The Kier molecular flexibility index (Phi) is 4.51. The Bertz CT molecular complexity index is 787. The first kappa shape index (κ1) is 15.8. The third-order valence-electron chi connectivity index (χ3n) is 2.81. The van der Waals surface area contributed by atoms with Gasteiger partial charge in [-0.3, -0.25) is 0 Å². The number of rotatable bonds is 4. The predicted molar refractivity (Wildman–Crippen MR) is 90.2 cm³/mol. The molecule has 0 unspecified atom stereocenters. The zero-order valence-electron chi connectivity index (χ0n) is 11.1. The molecule has 0 aliphatic heterocycles. The molecule has 2 aromatic rings. The van der Waals surface area contributed by atoms with Crippen molar-refractivity contribution in [2.45, 2.75) is 4.90 Å². The fourth-order valence-corrected chi connectivity index (χ4v) is 2.74. The molecule has 110 valence electrons. The maximum Gasteiger partial charge on any atom is 0.175 e. The lowest BCUT2D eigenvalue weighted by atomic mass is 10.1. The van der Waals surface area contributed by atoms with Gasteiger partial charge in [0, 0.05) is 28.2 Å². The Labute approximate surface area is 133 Å². The Morgan fingerprint density at radius 3 is 2.33 bits per heavy atom. The molecule has 0 aliphatic carbocycles. The molecule has 21 heavy (non-hydrogen) atoms. The van der Waals surface area contributed by atoms with E-state index in [2.05, 4.69) is 5.32 Å². The van der Waals surface area contributed by atoms with E-state index in [4.69, 9.17) is 29.6 Å². The van der Waals surface area contributed by atoms with Crippen molar-refractivity contribution in [3.05, 3.63) is 53.1 Å². The van der Waals surface area contributed by atoms with Gasteiger partial charge < -0.3 is 11.1 Å². The summed E-state index contributed by atoms with van der Waals surface area (Å²) in [6.45, 7) is 0. The molecule has 0 saturated carbocycles. The molecular weight excluding hydrogens is 328 g/mol. The minimum atomic E-state index is -3.21. The molecule has 0 amide bonds. The summed E-state index contributed by atoms with van der Waals surface area (Å²) in [5.41, 5.74) is 7.73. The van der Waals surface area contributed by atoms with Crippen LogP contribution >= 0.6 is 23.8 Å². The van der Waals surface area contributed by atoms with Crippen molar-refractivity contribution in [1.82, 2.24) is 0 Å². The number of hydrogen-bond acceptors (Lipinski definition) is 4. The van der Waals surface area contributed by atoms with Gasteiger partial charge in [0.05, 0.1) is 4.90 Å². The third-order valence-corrected chi connectivity index (χ3v) is 4.39. The summed E-state index contributed by atoms with van der Waals surface area (Å²) in [4.78, 5) is 0.492. The van der Waals surface area contributed by atoms with Crippen molar-refractivity contribution < 1.29 is 8.42 Å². The normalized spacial score (nSPS) is 11.1. The number of sulfone groups is 1. The number of halogens is 1. The van der Waals surface area contributed by atoms with Crippen LogP contribution in [0.1, 0.15) is 5.56 Å². The van der Waals surface area contributed by atoms with E-state index >= 15 is 0 Å². The lowest BCUT2D eigenvalue weighted by Crippen LogP contribution is -2.12. The van der Waals surface area contributed by atoms with Gasteiger partial charge in [-0.05, 0) is 42.5 Å². The maximum atomic E-state index is 11.4. The van der Waals surface area contributed by atoms with E-state index in [1.807, 2.05) is 0 Å². The molecule has 0 spiro atoms. The summed E-state index contributed by atoms with van der Waals surface area (Å²) < 4.78 is 22.8. The molecule has 0 radical (unpaired) electrons. The number of nitrogens with one attached hydrogen (secondary N) is 1. The average molecular weight is 341 g/mol. The van der Waals surface area contributed by atoms with E-state index < -0.39 is 9.84 Å². The standard InChI is InChI=1S/C14H13ClN2O2S2/c1-21(18,19)11-5-3-10(4-6-11)17-13-7-2-9(15)8-12(13)14(16)20/h2-8,17H,1H3,(H2,16,20). The van der Waals surface area contributed by atoms with E-state index in [0.29, 0.717) is 16.3 Å². The van der Waals surface area contributed by atoms with Crippen molar-refractivity contribution in [2.24, 2.45) is 5.73 Å². The first-order valence-electron chi connectivity index (χ1n) is 5.94. The molecule has 0 heterocycles. The summed E-state index contributed by atoms with van der Waals surface area (Å²) in [5, 5.41) is 3.68. The van der Waals surface area contributed by atoms with E-state index in [9.17, 15) is 8.42 Å². The number of anilines is 2. The van der Waals surface area contributed by atoms with Gasteiger partial charge in [0.15, 0.2) is 9.84 Å². The molecule has 3 N–H and O–H groups in total. The third kappa shape index (κ3) is 3.93. The van der Waals surface area contributed by atoms with Gasteiger partial charge in [-0.25, -0.2) is 8.42 Å². The summed E-state index contributed by atoms with van der Waals surface area (Å²) in [5.74, 6) is 0. The van der Waals surface area contributed by atoms with Crippen molar-refractivity contribution in [2.75, 3.05) is 11.6 Å². The van der Waals surface area contributed by atoms with Crippen LogP contribution in [0.2, 0.25) is 5.02 Å². The number of thiocarbonyl (C=S) groups is 1. The predicted octanol–water partition coefficient (Wildman–Crippen LogP) is 3.12. The fourth-order valence-electron chi connectivity index (χ4n) is 1.77. The molecule has 2 rings (SSSR count). The van der Waals surface area contributed by atoms with Crippen LogP contribution in [0.15, 0.2) is 47.4 Å². The highest BCUT2D eigenvalue weighted by atomic mass is 35.5. The number of hydrogen-bond donors (Lipinski definition) is 2. The minimum Gasteiger partial charge on any atom is -0.389 e. The lowest BCUT2D eigenvalue weighted by molar-refractivity contribution is 0.602. The van der Waals surface area contributed by atoms with Gasteiger partial charge in [-0.15, -0.1) is 0 Å². The Balaban J connectivity index is 2.33. The van der Waals surface area contributed by atoms with Gasteiger partial charge in [0.1, 0.15) is 4.99 Å². The van der Waals surface area contributed by atoms with Crippen molar-refractivity contribution in [1.29, 1.82) is 0 Å². The summed E-state index contributed by atoms with van der Waals surface area (Å²) >= 11 is 10.9. The Morgan fingerprint density at radius 1 is 1.19 bits per heavy atom. The quantitative estimate of drug-likeness (QED) is 0.837. The lowest BCUT2D eigenvalue weighted by Gasteiger charge is -2.12. The van der Waals surface area contributed by atoms with Gasteiger partial charge in [-0.2, -0.15) is 0 Å². The van der Waals surface area contributed by atoms with Crippen LogP contribution in [-0.2, 0) is 9.84 Å². The maximum absolute atomic E-state index is 11.4. The highest BCUT2D eigenvalue weighted by molar-refractivity contribution is 7.90. The topological polar surface area (TPSA) is 72.2 Å². The summed E-state index contributed by atoms with van der Waals surface area (Å²) in [6, 6.07) is 11.6. The van der Waals surface area contributed by atoms with Crippen LogP contribution in [0.5, 0.6) is 0 Å². The smallest absolute Gasteiger partial charge is 0.175 e. The first-order chi connectivity index (χ1) is 9.77. The van der Waals surface area contributed by atoms with Crippen molar-refractivity contribution >= 4 is 50.0 Å². The van der Waals surface area contributed by atoms with Crippen LogP contribution in [0, 0.1) is 0 Å². The highest BCUT2D eigenvalue weighted by Gasteiger charge is 2.09. The Hall–Kier alpha value is -1.63. The molecule has 0 bridgehead atoms. The van der Waals surface area contributed by atoms with E-state index in [0.717, 1.165) is 5.69 Å². The van der Waals surface area contributed by atoms with E-state index in [1.54, 1.807) is 30.3 Å². The molecule has 4 nitrogen and oxygen atoms in total. The Morgan fingerprint density at radius 2 is 1.81 bits per heavy atom. The average Bonchev–Trinajstić information content (AvgIpc) is 2.40. The van der Waals surface area contributed by atoms with Crippen LogP contribution < -0.4 is 11.1 Å². The van der Waals surface area contributed by atoms with Gasteiger partial charge >= 0.3 is 0 Å². The number of nitrogens with two attached hydrogens (primary N) is 1. The molecule has 0 aliphatic rings. The number of benzene rings is 2. The SMILES string of the molecule is CS(=O)(=O)c1ccc(Nc2ccc(Cl)cc2C(N)=S)cc1. The summed E-state index contributed by atoms with van der Waals surface area (Å²) in [6.07, 6.45) is 1.17. The molecule has 0 fully saturated rings. The highest BCUT2D eigenvalue weighted by Crippen LogP contribution is 2.25. The van der Waals surface area contributed by atoms with Crippen LogP contribution in [0.4, 0.5) is 11.4 Å². The van der Waals surface area contributed by atoms with Crippen molar-refractivity contribution in [3.8, 4) is 0 Å². The van der Waals surface area contributed by atoms with Gasteiger partial charge in [0.25, 0.3) is 0 Å². The second-order valence-corrected chi connectivity index (χ2v) is 7.37. The van der Waals surface area contributed by atoms with Crippen molar-refractivity contribution in [3.63, 3.8) is 0 Å². The molecular formula is C14H13ClN2O2S2. The molecule has 0 atom stereocenters. The molecule has 2 aromatic carbocycles. The largest absolute Gasteiger partial charge is 0.389 e. The minimum absolute atomic E-state index is 0.229. The zero-order chi connectivity index (χ0) is 15.6. The van der Waals surface area contributed by atoms with E-state index in [-0.39, 0.29) is 9.88 Å².